The van der Waals surface area contributed by atoms with Crippen LogP contribution in [0, 0.1) is 15.9 Å². The highest BCUT2D eigenvalue weighted by Crippen LogP contribution is 2.34. The van der Waals surface area contributed by atoms with Crippen molar-refractivity contribution in [1.82, 2.24) is 0 Å². The highest BCUT2D eigenvalue weighted by atomic mass is 19.1. The van der Waals surface area contributed by atoms with Crippen LogP contribution < -0.4 is 4.90 Å². The Bertz CT molecular complexity index is 431. The Morgan fingerprint density at radius 1 is 1.41 bits per heavy atom. The van der Waals surface area contributed by atoms with Crippen molar-refractivity contribution >= 4 is 11.4 Å². The number of hydrogen-bond donors (Lipinski definition) is 0. The van der Waals surface area contributed by atoms with Crippen molar-refractivity contribution in [3.05, 3.63) is 34.1 Å². The average molecular weight is 238 g/mol. The molecule has 0 bridgehead atoms. The van der Waals surface area contributed by atoms with Gasteiger partial charge in [0.25, 0.3) is 0 Å². The summed E-state index contributed by atoms with van der Waals surface area (Å²) in [7, 11) is 1.80. The molecule has 4 nitrogen and oxygen atoms in total. The highest BCUT2D eigenvalue weighted by molar-refractivity contribution is 5.64. The fourth-order valence-electron chi connectivity index (χ4n) is 2.46. The van der Waals surface area contributed by atoms with E-state index in [2.05, 4.69) is 0 Å². The van der Waals surface area contributed by atoms with Crippen molar-refractivity contribution in [3.63, 3.8) is 0 Å². The first kappa shape index (κ1) is 11.8. The minimum atomic E-state index is -0.766. The molecule has 5 heteroatoms. The molecule has 1 fully saturated rings. The summed E-state index contributed by atoms with van der Waals surface area (Å²) in [5.74, 6) is -0.766. The van der Waals surface area contributed by atoms with Crippen LogP contribution in [0.2, 0.25) is 0 Å². The van der Waals surface area contributed by atoms with Crippen molar-refractivity contribution in [2.75, 3.05) is 11.9 Å². The van der Waals surface area contributed by atoms with E-state index >= 15 is 0 Å². The van der Waals surface area contributed by atoms with Crippen LogP contribution in [0.1, 0.15) is 25.7 Å². The number of para-hydroxylation sites is 1. The molecule has 0 unspecified atom stereocenters. The van der Waals surface area contributed by atoms with Crippen LogP contribution in [0.15, 0.2) is 18.2 Å². The number of nitro groups is 1. The molecule has 0 spiro atoms. The zero-order valence-corrected chi connectivity index (χ0v) is 9.73. The summed E-state index contributed by atoms with van der Waals surface area (Å²) in [6.07, 6.45) is 4.31. The lowest BCUT2D eigenvalue weighted by atomic mass is 10.1. The molecule has 0 aliphatic heterocycles. The van der Waals surface area contributed by atoms with Gasteiger partial charge in [0.2, 0.25) is 5.82 Å². The first-order valence-corrected chi connectivity index (χ1v) is 5.77. The fraction of sp³-hybridized carbons (Fsp3) is 0.500. The third-order valence-electron chi connectivity index (χ3n) is 3.40. The molecule has 1 aromatic rings. The zero-order chi connectivity index (χ0) is 12.4. The molecule has 17 heavy (non-hydrogen) atoms. The first-order chi connectivity index (χ1) is 8.11. The van der Waals surface area contributed by atoms with E-state index in [0.717, 1.165) is 31.7 Å². The van der Waals surface area contributed by atoms with Gasteiger partial charge in [-0.15, -0.1) is 0 Å². The van der Waals surface area contributed by atoms with E-state index in [1.54, 1.807) is 13.1 Å². The van der Waals surface area contributed by atoms with Gasteiger partial charge in [-0.2, -0.15) is 4.39 Å². The van der Waals surface area contributed by atoms with E-state index in [-0.39, 0.29) is 6.04 Å². The van der Waals surface area contributed by atoms with Crippen LogP contribution in [0.25, 0.3) is 0 Å². The van der Waals surface area contributed by atoms with Gasteiger partial charge in [-0.1, -0.05) is 18.9 Å². The molecule has 1 aliphatic carbocycles. The largest absolute Gasteiger partial charge is 0.366 e. The molecular formula is C12H15FN2O2. The predicted molar refractivity (Wildman–Crippen MR) is 63.7 cm³/mol. The molecule has 0 atom stereocenters. The van der Waals surface area contributed by atoms with Crippen LogP contribution in [-0.4, -0.2) is 18.0 Å². The SMILES string of the molecule is CN(c1cccc(F)c1[N+](=O)[O-])C1CCCC1. The summed E-state index contributed by atoms with van der Waals surface area (Å²) in [4.78, 5) is 12.1. The molecule has 92 valence electrons. The summed E-state index contributed by atoms with van der Waals surface area (Å²) in [6.45, 7) is 0. The first-order valence-electron chi connectivity index (χ1n) is 5.77. The van der Waals surface area contributed by atoms with Gasteiger partial charge in [0.05, 0.1) is 4.92 Å². The molecule has 0 saturated heterocycles. The molecular weight excluding hydrogens is 223 g/mol. The number of nitro benzene ring substituents is 1. The molecule has 0 N–H and O–H groups in total. The van der Waals surface area contributed by atoms with Gasteiger partial charge in [0.1, 0.15) is 5.69 Å². The number of rotatable bonds is 3. The lowest BCUT2D eigenvalue weighted by molar-refractivity contribution is -0.386. The number of nitrogens with zero attached hydrogens (tertiary/aromatic N) is 2. The quantitative estimate of drug-likeness (QED) is 0.600. The minimum absolute atomic E-state index is 0.287. The number of halogens is 1. The Balaban J connectivity index is 2.36. The smallest absolute Gasteiger partial charge is 0.327 e. The number of anilines is 1. The molecule has 1 aliphatic rings. The van der Waals surface area contributed by atoms with Crippen LogP contribution in [-0.2, 0) is 0 Å². The monoisotopic (exact) mass is 238 g/mol. The fourth-order valence-corrected chi connectivity index (χ4v) is 2.46. The zero-order valence-electron chi connectivity index (χ0n) is 9.73. The lowest BCUT2D eigenvalue weighted by Crippen LogP contribution is -2.29. The Morgan fingerprint density at radius 2 is 2.06 bits per heavy atom. The van der Waals surface area contributed by atoms with Gasteiger partial charge >= 0.3 is 5.69 Å². The van der Waals surface area contributed by atoms with E-state index in [4.69, 9.17) is 0 Å². The second-order valence-corrected chi connectivity index (χ2v) is 4.41. The van der Waals surface area contributed by atoms with Crippen molar-refractivity contribution < 1.29 is 9.31 Å². The Labute approximate surface area is 99.2 Å². The second kappa shape index (κ2) is 4.69. The van der Waals surface area contributed by atoms with E-state index < -0.39 is 16.4 Å². The van der Waals surface area contributed by atoms with Crippen LogP contribution in [0.4, 0.5) is 15.8 Å². The molecule has 0 aromatic heterocycles. The third-order valence-corrected chi connectivity index (χ3v) is 3.40. The molecule has 0 heterocycles. The topological polar surface area (TPSA) is 46.4 Å². The Hall–Kier alpha value is -1.65. The van der Waals surface area contributed by atoms with Crippen molar-refractivity contribution in [2.24, 2.45) is 0 Å². The van der Waals surface area contributed by atoms with Crippen molar-refractivity contribution in [3.8, 4) is 0 Å². The van der Waals surface area contributed by atoms with E-state index in [1.165, 1.54) is 6.07 Å². The van der Waals surface area contributed by atoms with Crippen LogP contribution in [0.3, 0.4) is 0 Å². The highest BCUT2D eigenvalue weighted by Gasteiger charge is 2.27. The number of benzene rings is 1. The van der Waals surface area contributed by atoms with Crippen LogP contribution >= 0.6 is 0 Å². The molecule has 1 aromatic carbocycles. The van der Waals surface area contributed by atoms with Crippen molar-refractivity contribution in [2.45, 2.75) is 31.7 Å². The Morgan fingerprint density at radius 3 is 2.65 bits per heavy atom. The Kier molecular flexibility index (Phi) is 3.26. The standard InChI is InChI=1S/C12H15FN2O2/c1-14(9-5-2-3-6-9)11-8-4-7-10(13)12(11)15(16)17/h4,7-9H,2-3,5-6H2,1H3. The van der Waals surface area contributed by atoms with Gasteiger partial charge in [0, 0.05) is 13.1 Å². The lowest BCUT2D eigenvalue weighted by Gasteiger charge is -2.26. The third kappa shape index (κ3) is 2.23. The van der Waals surface area contributed by atoms with Gasteiger partial charge < -0.3 is 4.90 Å². The van der Waals surface area contributed by atoms with E-state index in [9.17, 15) is 14.5 Å². The maximum atomic E-state index is 13.5. The van der Waals surface area contributed by atoms with Crippen molar-refractivity contribution in [1.29, 1.82) is 0 Å². The predicted octanol–water partition coefficient (Wildman–Crippen LogP) is 3.11. The minimum Gasteiger partial charge on any atom is -0.366 e. The average Bonchev–Trinajstić information content (AvgIpc) is 2.80. The van der Waals surface area contributed by atoms with Gasteiger partial charge in [-0.3, -0.25) is 10.1 Å². The molecule has 0 amide bonds. The van der Waals surface area contributed by atoms with E-state index in [1.807, 2.05) is 4.90 Å². The molecule has 1 saturated carbocycles. The maximum absolute atomic E-state index is 13.5. The van der Waals surface area contributed by atoms with E-state index in [0.29, 0.717) is 5.69 Å². The summed E-state index contributed by atoms with van der Waals surface area (Å²) < 4.78 is 13.5. The summed E-state index contributed by atoms with van der Waals surface area (Å²) in [5, 5.41) is 10.9. The summed E-state index contributed by atoms with van der Waals surface area (Å²) in [6, 6.07) is 4.54. The molecule has 2 rings (SSSR count). The van der Waals surface area contributed by atoms with Gasteiger partial charge in [-0.05, 0) is 25.0 Å². The summed E-state index contributed by atoms with van der Waals surface area (Å²) in [5.41, 5.74) is -0.0381. The van der Waals surface area contributed by atoms with Gasteiger partial charge in [-0.25, -0.2) is 0 Å². The normalized spacial score (nSPS) is 16.1. The second-order valence-electron chi connectivity index (χ2n) is 4.41. The van der Waals surface area contributed by atoms with Gasteiger partial charge in [0.15, 0.2) is 0 Å². The summed E-state index contributed by atoms with van der Waals surface area (Å²) >= 11 is 0. The molecule has 0 radical (unpaired) electrons. The van der Waals surface area contributed by atoms with Crippen LogP contribution in [0.5, 0.6) is 0 Å². The number of hydrogen-bond acceptors (Lipinski definition) is 3. The maximum Gasteiger partial charge on any atom is 0.327 e.